The van der Waals surface area contributed by atoms with E-state index in [1.165, 1.54) is 22.3 Å². The number of benzene rings is 2. The van der Waals surface area contributed by atoms with Gasteiger partial charge < -0.3 is 0 Å². The molecule has 1 aliphatic carbocycles. The lowest BCUT2D eigenvalue weighted by Crippen LogP contribution is -2.00. The van der Waals surface area contributed by atoms with Crippen molar-refractivity contribution in [2.24, 2.45) is 0 Å². The molecule has 0 saturated carbocycles. The second kappa shape index (κ2) is 4.07. The summed E-state index contributed by atoms with van der Waals surface area (Å²) in [5.41, 5.74) is 4.99. The minimum absolute atomic E-state index is 0.107. The summed E-state index contributed by atoms with van der Waals surface area (Å²) >= 11 is 0. The molecule has 2 aromatic carbocycles. The summed E-state index contributed by atoms with van der Waals surface area (Å²) in [5.74, 6) is -0.107. The van der Waals surface area contributed by atoms with E-state index in [1.54, 1.807) is 0 Å². The van der Waals surface area contributed by atoms with E-state index in [0.717, 1.165) is 12.8 Å². The minimum atomic E-state index is -0.107. The molecule has 3 rings (SSSR count). The summed E-state index contributed by atoms with van der Waals surface area (Å²) < 4.78 is 0. The maximum Gasteiger partial charge on any atom is 0.0968 e. The highest BCUT2D eigenvalue weighted by Gasteiger charge is 2.22. The Morgan fingerprint density at radius 1 is 0.824 bits per heavy atom. The van der Waals surface area contributed by atoms with Crippen LogP contribution in [0, 0.1) is 11.3 Å². The van der Waals surface area contributed by atoms with Crippen LogP contribution in [-0.2, 0) is 12.8 Å². The van der Waals surface area contributed by atoms with Crippen LogP contribution in [0.5, 0.6) is 0 Å². The first kappa shape index (κ1) is 10.1. The van der Waals surface area contributed by atoms with Gasteiger partial charge in [-0.3, -0.25) is 0 Å². The zero-order chi connectivity index (χ0) is 11.7. The van der Waals surface area contributed by atoms with Gasteiger partial charge in [0.2, 0.25) is 0 Å². The zero-order valence-corrected chi connectivity index (χ0v) is 9.56. The smallest absolute Gasteiger partial charge is 0.0968 e. The molecule has 0 saturated heterocycles. The fraction of sp³-hybridized carbons (Fsp3) is 0.188. The summed E-state index contributed by atoms with van der Waals surface area (Å²) in [6.45, 7) is 0. The van der Waals surface area contributed by atoms with E-state index in [9.17, 15) is 5.26 Å². The topological polar surface area (TPSA) is 23.8 Å². The molecule has 82 valence electrons. The first-order chi connectivity index (χ1) is 8.40. The van der Waals surface area contributed by atoms with Gasteiger partial charge in [-0.2, -0.15) is 5.26 Å². The molecule has 0 aliphatic heterocycles. The molecule has 1 nitrogen and oxygen atoms in total. The molecule has 0 aromatic heterocycles. The van der Waals surface area contributed by atoms with E-state index in [-0.39, 0.29) is 5.92 Å². The minimum Gasteiger partial charge on any atom is -0.197 e. The van der Waals surface area contributed by atoms with Crippen molar-refractivity contribution in [3.05, 3.63) is 70.8 Å². The normalized spacial score (nSPS) is 14.3. The van der Waals surface area contributed by atoms with Crippen LogP contribution in [0.3, 0.4) is 0 Å². The fourth-order valence-electron chi connectivity index (χ4n) is 2.66. The Bertz CT molecular complexity index is 545. The third-order valence-corrected chi connectivity index (χ3v) is 3.52. The van der Waals surface area contributed by atoms with Gasteiger partial charge in [0.1, 0.15) is 0 Å². The molecular weight excluding hydrogens is 206 g/mol. The van der Waals surface area contributed by atoms with Gasteiger partial charge >= 0.3 is 0 Å². The molecule has 0 spiro atoms. The number of nitriles is 1. The Hall–Kier alpha value is -2.07. The quantitative estimate of drug-likeness (QED) is 0.665. The highest BCUT2D eigenvalue weighted by Crippen LogP contribution is 2.33. The van der Waals surface area contributed by atoms with Gasteiger partial charge in [-0.25, -0.2) is 0 Å². The van der Waals surface area contributed by atoms with Gasteiger partial charge in [-0.15, -0.1) is 0 Å². The molecule has 0 amide bonds. The monoisotopic (exact) mass is 219 g/mol. The summed E-state index contributed by atoms with van der Waals surface area (Å²) in [5, 5.41) is 9.46. The van der Waals surface area contributed by atoms with Crippen LogP contribution in [0.1, 0.15) is 28.2 Å². The third kappa shape index (κ3) is 1.62. The molecule has 2 aromatic rings. The average Bonchev–Trinajstić information content (AvgIpc) is 2.55. The van der Waals surface area contributed by atoms with Gasteiger partial charge in [0.25, 0.3) is 0 Å². The van der Waals surface area contributed by atoms with E-state index in [4.69, 9.17) is 0 Å². The number of rotatable bonds is 0. The van der Waals surface area contributed by atoms with Gasteiger partial charge in [0, 0.05) is 0 Å². The van der Waals surface area contributed by atoms with Gasteiger partial charge in [0.05, 0.1) is 12.0 Å². The molecule has 0 unspecified atom stereocenters. The molecule has 0 heterocycles. The molecule has 0 bridgehead atoms. The van der Waals surface area contributed by atoms with E-state index in [1.807, 2.05) is 12.1 Å². The Kier molecular flexibility index (Phi) is 2.42. The van der Waals surface area contributed by atoms with Crippen LogP contribution in [0.4, 0.5) is 0 Å². The largest absolute Gasteiger partial charge is 0.197 e. The highest BCUT2D eigenvalue weighted by molar-refractivity contribution is 5.48. The van der Waals surface area contributed by atoms with Crippen molar-refractivity contribution in [2.45, 2.75) is 18.8 Å². The van der Waals surface area contributed by atoms with Gasteiger partial charge in [0.15, 0.2) is 0 Å². The summed E-state index contributed by atoms with van der Waals surface area (Å²) in [4.78, 5) is 0. The lowest BCUT2D eigenvalue weighted by Gasteiger charge is -2.12. The molecule has 17 heavy (non-hydrogen) atoms. The number of hydrogen-bond donors (Lipinski definition) is 0. The Balaban J connectivity index is 2.23. The summed E-state index contributed by atoms with van der Waals surface area (Å²) in [7, 11) is 0. The molecule has 0 N–H and O–H groups in total. The Morgan fingerprint density at radius 3 is 1.76 bits per heavy atom. The van der Waals surface area contributed by atoms with Gasteiger partial charge in [-0.05, 0) is 35.1 Å². The SMILES string of the molecule is N#CC1c2ccccc2CCc2ccccc21. The third-order valence-electron chi connectivity index (χ3n) is 3.52. The van der Waals surface area contributed by atoms with Crippen LogP contribution in [0.25, 0.3) is 0 Å². The Labute approximate surface area is 101 Å². The molecule has 0 atom stereocenters. The number of hydrogen-bond acceptors (Lipinski definition) is 1. The lowest BCUT2D eigenvalue weighted by molar-refractivity contribution is 0.965. The molecule has 1 heteroatoms. The highest BCUT2D eigenvalue weighted by atomic mass is 14.3. The zero-order valence-electron chi connectivity index (χ0n) is 9.56. The van der Waals surface area contributed by atoms with Crippen molar-refractivity contribution in [1.29, 1.82) is 5.26 Å². The van der Waals surface area contributed by atoms with Crippen LogP contribution >= 0.6 is 0 Å². The predicted molar refractivity (Wildman–Crippen MR) is 67.7 cm³/mol. The predicted octanol–water partition coefficient (Wildman–Crippen LogP) is 3.44. The van der Waals surface area contributed by atoms with Gasteiger partial charge in [-0.1, -0.05) is 48.5 Å². The summed E-state index contributed by atoms with van der Waals surface area (Å²) in [6, 6.07) is 19.1. The average molecular weight is 219 g/mol. The maximum atomic E-state index is 9.46. The van der Waals surface area contributed by atoms with Crippen LogP contribution < -0.4 is 0 Å². The van der Waals surface area contributed by atoms with E-state index in [0.29, 0.717) is 0 Å². The van der Waals surface area contributed by atoms with Crippen molar-refractivity contribution in [1.82, 2.24) is 0 Å². The molecule has 0 fully saturated rings. The number of nitrogens with zero attached hydrogens (tertiary/aromatic N) is 1. The van der Waals surface area contributed by atoms with Crippen LogP contribution in [0.15, 0.2) is 48.5 Å². The van der Waals surface area contributed by atoms with Crippen molar-refractivity contribution < 1.29 is 0 Å². The number of fused-ring (bicyclic) bond motifs is 2. The molecule has 1 aliphatic rings. The van der Waals surface area contributed by atoms with Crippen molar-refractivity contribution in [3.8, 4) is 6.07 Å². The second-order valence-corrected chi connectivity index (χ2v) is 4.46. The van der Waals surface area contributed by atoms with Crippen molar-refractivity contribution in [3.63, 3.8) is 0 Å². The maximum absolute atomic E-state index is 9.46. The summed E-state index contributed by atoms with van der Waals surface area (Å²) in [6.07, 6.45) is 2.07. The van der Waals surface area contributed by atoms with E-state index < -0.39 is 0 Å². The fourth-order valence-corrected chi connectivity index (χ4v) is 2.66. The molecular formula is C16H13N. The van der Waals surface area contributed by atoms with E-state index >= 15 is 0 Å². The number of aryl methyl sites for hydroxylation is 2. The Morgan fingerprint density at radius 2 is 1.29 bits per heavy atom. The van der Waals surface area contributed by atoms with E-state index in [2.05, 4.69) is 42.5 Å². The van der Waals surface area contributed by atoms with Crippen LogP contribution in [-0.4, -0.2) is 0 Å². The first-order valence-electron chi connectivity index (χ1n) is 5.95. The van der Waals surface area contributed by atoms with Crippen LogP contribution in [0.2, 0.25) is 0 Å². The second-order valence-electron chi connectivity index (χ2n) is 4.46. The lowest BCUT2D eigenvalue weighted by atomic mass is 9.89. The molecule has 0 radical (unpaired) electrons. The van der Waals surface area contributed by atoms with Crippen molar-refractivity contribution in [2.75, 3.05) is 0 Å². The first-order valence-corrected chi connectivity index (χ1v) is 5.95. The van der Waals surface area contributed by atoms with Crippen molar-refractivity contribution >= 4 is 0 Å². The standard InChI is InChI=1S/C16H13N/c17-11-16-14-7-3-1-5-12(14)9-10-13-6-2-4-8-15(13)16/h1-8,16H,9-10H2.